The van der Waals surface area contributed by atoms with Crippen LogP contribution in [0.5, 0.6) is 5.88 Å². The molecule has 0 radical (unpaired) electrons. The van der Waals surface area contributed by atoms with Crippen LogP contribution in [0.2, 0.25) is 0 Å². The van der Waals surface area contributed by atoms with Crippen molar-refractivity contribution in [3.63, 3.8) is 0 Å². The molecule has 0 fully saturated rings. The summed E-state index contributed by atoms with van der Waals surface area (Å²) in [6, 6.07) is 20.5. The van der Waals surface area contributed by atoms with E-state index in [1.807, 2.05) is 54.6 Å². The van der Waals surface area contributed by atoms with Crippen molar-refractivity contribution in [2.24, 2.45) is 0 Å². The Morgan fingerprint density at radius 1 is 0.968 bits per heavy atom. The first kappa shape index (κ1) is 19.2. The summed E-state index contributed by atoms with van der Waals surface area (Å²) in [6.07, 6.45) is 2.78. The second kappa shape index (κ2) is 7.48. The number of hydrogen-bond donors (Lipinski definition) is 0. The van der Waals surface area contributed by atoms with E-state index in [4.69, 9.17) is 9.15 Å². The summed E-state index contributed by atoms with van der Waals surface area (Å²) in [5.41, 5.74) is 2.72. The molecule has 3 aromatic heterocycles. The van der Waals surface area contributed by atoms with Crippen LogP contribution in [-0.2, 0) is 16.4 Å². The number of benzene rings is 2. The lowest BCUT2D eigenvalue weighted by atomic mass is 10.2. The summed E-state index contributed by atoms with van der Waals surface area (Å²) in [5, 5.41) is 1.33. The molecule has 0 N–H and O–H groups in total. The van der Waals surface area contributed by atoms with Crippen LogP contribution < -0.4 is 4.74 Å². The maximum absolute atomic E-state index is 12.2. The zero-order valence-corrected chi connectivity index (χ0v) is 17.3. The Balaban J connectivity index is 1.60. The Morgan fingerprint density at radius 3 is 2.55 bits per heavy atom. The fraction of sp³-hybridized carbons (Fsp3) is 0.0870. The van der Waals surface area contributed by atoms with Crippen molar-refractivity contribution in [1.82, 2.24) is 15.0 Å². The van der Waals surface area contributed by atoms with Crippen molar-refractivity contribution >= 4 is 31.7 Å². The van der Waals surface area contributed by atoms with Crippen LogP contribution in [0, 0.1) is 0 Å². The highest BCUT2D eigenvalue weighted by atomic mass is 32.2. The van der Waals surface area contributed by atoms with Crippen LogP contribution in [0.3, 0.4) is 0 Å². The smallest absolute Gasteiger partial charge is 0.250 e. The first-order chi connectivity index (χ1) is 15.0. The van der Waals surface area contributed by atoms with Crippen molar-refractivity contribution in [3.05, 3.63) is 78.5 Å². The number of furan rings is 1. The van der Waals surface area contributed by atoms with Gasteiger partial charge in [0, 0.05) is 29.3 Å². The number of sulfone groups is 1. The topological polar surface area (TPSA) is 95.2 Å². The van der Waals surface area contributed by atoms with E-state index >= 15 is 0 Å². The molecular weight excluding hydrogens is 414 g/mol. The summed E-state index contributed by atoms with van der Waals surface area (Å²) in [5.74, 6) is 0.558. The van der Waals surface area contributed by atoms with Crippen molar-refractivity contribution in [1.29, 1.82) is 0 Å². The predicted molar refractivity (Wildman–Crippen MR) is 116 cm³/mol. The molecule has 0 aliphatic heterocycles. The van der Waals surface area contributed by atoms with Crippen LogP contribution >= 0.6 is 0 Å². The van der Waals surface area contributed by atoms with Gasteiger partial charge in [0.2, 0.25) is 15.7 Å². The van der Waals surface area contributed by atoms with Gasteiger partial charge >= 0.3 is 0 Å². The highest BCUT2D eigenvalue weighted by Crippen LogP contribution is 2.32. The molecule has 0 amide bonds. The van der Waals surface area contributed by atoms with Crippen LogP contribution in [0.25, 0.3) is 33.3 Å². The first-order valence-corrected chi connectivity index (χ1v) is 11.4. The van der Waals surface area contributed by atoms with Gasteiger partial charge in [-0.3, -0.25) is 4.98 Å². The summed E-state index contributed by atoms with van der Waals surface area (Å²) in [7, 11) is -3.66. The lowest BCUT2D eigenvalue weighted by Crippen LogP contribution is -2.07. The fourth-order valence-electron chi connectivity index (χ4n) is 3.26. The molecule has 0 saturated carbocycles. The van der Waals surface area contributed by atoms with Crippen molar-refractivity contribution in [3.8, 4) is 17.3 Å². The third-order valence-corrected chi connectivity index (χ3v) is 5.59. The second-order valence-electron chi connectivity index (χ2n) is 7.09. The Morgan fingerprint density at radius 2 is 1.74 bits per heavy atom. The maximum atomic E-state index is 12.2. The van der Waals surface area contributed by atoms with E-state index in [0.717, 1.165) is 28.1 Å². The summed E-state index contributed by atoms with van der Waals surface area (Å²) in [6.45, 7) is 0.245. The van der Waals surface area contributed by atoms with E-state index in [1.165, 1.54) is 0 Å². The van der Waals surface area contributed by atoms with E-state index in [0.29, 0.717) is 17.0 Å². The molecule has 0 atom stereocenters. The number of aromatic nitrogens is 3. The highest BCUT2D eigenvalue weighted by Gasteiger charge is 2.19. The zero-order chi connectivity index (χ0) is 21.4. The molecular formula is C23H17N3O4S. The Hall–Kier alpha value is -3.78. The van der Waals surface area contributed by atoms with E-state index < -0.39 is 9.84 Å². The Labute approximate surface area is 178 Å². The van der Waals surface area contributed by atoms with Gasteiger partial charge in [0.15, 0.2) is 5.76 Å². The molecule has 0 spiro atoms. The summed E-state index contributed by atoms with van der Waals surface area (Å²) >= 11 is 0. The van der Waals surface area contributed by atoms with Crippen LogP contribution in [0.4, 0.5) is 0 Å². The van der Waals surface area contributed by atoms with Gasteiger partial charge in [0.05, 0.1) is 5.52 Å². The number of rotatable bonds is 5. The highest BCUT2D eigenvalue weighted by molar-refractivity contribution is 7.90. The van der Waals surface area contributed by atoms with Gasteiger partial charge < -0.3 is 9.15 Å². The minimum Gasteiger partial charge on any atom is -0.473 e. The molecule has 0 aliphatic carbocycles. The van der Waals surface area contributed by atoms with Crippen LogP contribution in [-0.4, -0.2) is 29.6 Å². The molecule has 0 saturated heterocycles. The summed E-state index contributed by atoms with van der Waals surface area (Å²) < 4.78 is 36.2. The predicted octanol–water partition coefficient (Wildman–Crippen LogP) is 4.42. The maximum Gasteiger partial charge on any atom is 0.250 e. The number of nitrogens with zero attached hydrogens (tertiary/aromatic N) is 3. The minimum absolute atomic E-state index is 0.151. The molecule has 31 heavy (non-hydrogen) atoms. The molecule has 0 aliphatic rings. The molecule has 3 heterocycles. The fourth-order valence-corrected chi connectivity index (χ4v) is 3.78. The normalized spacial score (nSPS) is 11.8. The second-order valence-corrected chi connectivity index (χ2v) is 9.00. The molecule has 0 unspecified atom stereocenters. The largest absolute Gasteiger partial charge is 0.473 e. The molecule has 5 aromatic rings. The van der Waals surface area contributed by atoms with Crippen LogP contribution in [0.15, 0.2) is 82.5 Å². The Kier molecular flexibility index (Phi) is 4.63. The molecule has 5 rings (SSSR count). The molecule has 8 heteroatoms. The number of pyridine rings is 1. The first-order valence-electron chi connectivity index (χ1n) is 9.51. The third-order valence-electron chi connectivity index (χ3n) is 4.75. The van der Waals surface area contributed by atoms with E-state index in [9.17, 15) is 8.42 Å². The van der Waals surface area contributed by atoms with Crippen molar-refractivity contribution in [2.75, 3.05) is 6.26 Å². The van der Waals surface area contributed by atoms with E-state index in [-0.39, 0.29) is 17.6 Å². The zero-order valence-electron chi connectivity index (χ0n) is 16.5. The van der Waals surface area contributed by atoms with Gasteiger partial charge in [-0.1, -0.05) is 42.5 Å². The number of para-hydroxylation sites is 1. The molecule has 0 bridgehead atoms. The van der Waals surface area contributed by atoms with E-state index in [2.05, 4.69) is 15.0 Å². The lowest BCUT2D eigenvalue weighted by Gasteiger charge is -2.08. The third kappa shape index (κ3) is 3.85. The minimum atomic E-state index is -3.66. The monoisotopic (exact) mass is 431 g/mol. The molecule has 2 aromatic carbocycles. The van der Waals surface area contributed by atoms with Crippen molar-refractivity contribution < 1.29 is 17.6 Å². The van der Waals surface area contributed by atoms with Gasteiger partial charge in [-0.2, -0.15) is 4.98 Å². The van der Waals surface area contributed by atoms with Gasteiger partial charge in [-0.05, 0) is 23.8 Å². The summed E-state index contributed by atoms with van der Waals surface area (Å²) in [4.78, 5) is 12.7. The molecule has 7 nitrogen and oxygen atoms in total. The number of hydrogen-bond acceptors (Lipinski definition) is 7. The standard InChI is InChI=1S/C23H17N3O4S/c1-31(27,28)23-25-19(12-21(26-23)29-14-15-7-3-2-4-8-15)20-11-16-13-24-18-10-6-5-9-17(18)22(16)30-20/h2-13H,14H2,1H3. The van der Waals surface area contributed by atoms with Gasteiger partial charge in [0.1, 0.15) is 17.9 Å². The Bertz CT molecular complexity index is 1510. The van der Waals surface area contributed by atoms with Gasteiger partial charge in [-0.15, -0.1) is 0 Å². The molecule has 154 valence electrons. The average Bonchev–Trinajstić information content (AvgIpc) is 3.23. The quantitative estimate of drug-likeness (QED) is 0.380. The van der Waals surface area contributed by atoms with Gasteiger partial charge in [0.25, 0.3) is 5.16 Å². The van der Waals surface area contributed by atoms with Crippen LogP contribution in [0.1, 0.15) is 5.56 Å². The lowest BCUT2D eigenvalue weighted by molar-refractivity contribution is 0.290. The van der Waals surface area contributed by atoms with Crippen molar-refractivity contribution in [2.45, 2.75) is 11.8 Å². The SMILES string of the molecule is CS(=O)(=O)c1nc(OCc2ccccc2)cc(-c2cc3cnc4ccccc4c3o2)n1. The number of fused-ring (bicyclic) bond motifs is 3. The van der Waals surface area contributed by atoms with E-state index in [1.54, 1.807) is 18.3 Å². The average molecular weight is 431 g/mol. The van der Waals surface area contributed by atoms with Gasteiger partial charge in [-0.25, -0.2) is 13.4 Å². The number of ether oxygens (including phenoxy) is 1.